The monoisotopic (exact) mass is 562 g/mol. The first-order valence-corrected chi connectivity index (χ1v) is 15.6. The molecule has 9 aromatic rings. The second-order valence-electron chi connectivity index (χ2n) is 12.5. The van der Waals surface area contributed by atoms with E-state index < -0.39 is 0 Å². The Hall–Kier alpha value is -5.48. The van der Waals surface area contributed by atoms with Crippen LogP contribution in [-0.2, 0) is 25.7 Å². The van der Waals surface area contributed by atoms with Crippen molar-refractivity contribution in [1.82, 2.24) is 19.5 Å². The van der Waals surface area contributed by atoms with Gasteiger partial charge in [0, 0.05) is 43.4 Å². The molecule has 2 aliphatic carbocycles. The van der Waals surface area contributed by atoms with Crippen LogP contribution in [0.5, 0.6) is 0 Å². The Morgan fingerprint density at radius 3 is 2.00 bits per heavy atom. The van der Waals surface area contributed by atoms with Crippen LogP contribution in [0.25, 0.3) is 82.5 Å². The Morgan fingerprint density at radius 1 is 0.545 bits per heavy atom. The number of para-hydroxylation sites is 1. The molecule has 6 aromatic carbocycles. The van der Waals surface area contributed by atoms with E-state index in [2.05, 4.69) is 113 Å². The molecular formula is C40H26N4. The van der Waals surface area contributed by atoms with Gasteiger partial charge >= 0.3 is 0 Å². The van der Waals surface area contributed by atoms with Crippen LogP contribution in [0.15, 0.2) is 103 Å². The minimum absolute atomic E-state index is 0.713. The predicted octanol–water partition coefficient (Wildman–Crippen LogP) is 9.38. The van der Waals surface area contributed by atoms with Gasteiger partial charge in [0.05, 0.1) is 27.8 Å². The molecule has 0 amide bonds. The van der Waals surface area contributed by atoms with E-state index >= 15 is 0 Å². The number of nitrogens with zero attached hydrogens (tertiary/aromatic N) is 3. The number of fused-ring (bicyclic) bond motifs is 13. The molecule has 3 heterocycles. The lowest BCUT2D eigenvalue weighted by molar-refractivity contribution is 0.842. The largest absolute Gasteiger partial charge is 0.354 e. The quantitative estimate of drug-likeness (QED) is 0.228. The average molecular weight is 563 g/mol. The molecule has 206 valence electrons. The number of benzene rings is 6. The molecule has 4 heteroatoms. The maximum Gasteiger partial charge on any atom is 0.235 e. The summed E-state index contributed by atoms with van der Waals surface area (Å²) in [7, 11) is 0. The van der Waals surface area contributed by atoms with Gasteiger partial charge in [0.15, 0.2) is 0 Å². The summed E-state index contributed by atoms with van der Waals surface area (Å²) in [5, 5.41) is 8.75. The fourth-order valence-corrected chi connectivity index (χ4v) is 7.94. The Morgan fingerprint density at radius 2 is 1.20 bits per heavy atom. The van der Waals surface area contributed by atoms with Crippen LogP contribution in [0.1, 0.15) is 22.3 Å². The van der Waals surface area contributed by atoms with Gasteiger partial charge in [0.25, 0.3) is 0 Å². The smallest absolute Gasteiger partial charge is 0.235 e. The van der Waals surface area contributed by atoms with Crippen molar-refractivity contribution in [3.8, 4) is 17.2 Å². The van der Waals surface area contributed by atoms with E-state index in [0.29, 0.717) is 5.95 Å². The van der Waals surface area contributed by atoms with Crippen molar-refractivity contribution >= 4 is 65.3 Å². The zero-order chi connectivity index (χ0) is 28.5. The Balaban J connectivity index is 1.37. The standard InChI is InChI=1S/C40H26N4/c1-2-8-22(9-3-1)37-29-12-6-7-13-32(29)42-40(43-37)44-34-21-26-17-15-24(26)19-31(34)36-38-35(27-10-4-5-11-28(27)39(36)44)30-18-23-14-16-25(23)20-33(30)41-38/h1-13,18-21,41H,14-17H2. The molecule has 0 unspecified atom stereocenters. The van der Waals surface area contributed by atoms with Crippen molar-refractivity contribution in [2.75, 3.05) is 0 Å². The fourth-order valence-electron chi connectivity index (χ4n) is 7.94. The van der Waals surface area contributed by atoms with Gasteiger partial charge in [-0.3, -0.25) is 4.57 Å². The van der Waals surface area contributed by atoms with Crippen LogP contribution in [0, 0.1) is 0 Å². The molecule has 0 spiro atoms. The molecule has 3 aromatic heterocycles. The van der Waals surface area contributed by atoms with Crippen LogP contribution >= 0.6 is 0 Å². The zero-order valence-electron chi connectivity index (χ0n) is 24.0. The molecule has 0 fully saturated rings. The van der Waals surface area contributed by atoms with E-state index in [1.54, 1.807) is 0 Å². The van der Waals surface area contributed by atoms with Crippen LogP contribution in [0.2, 0.25) is 0 Å². The first-order chi connectivity index (χ1) is 21.8. The number of nitrogens with one attached hydrogen (secondary N) is 1. The lowest BCUT2D eigenvalue weighted by Crippen LogP contribution is -2.09. The molecule has 44 heavy (non-hydrogen) atoms. The lowest BCUT2D eigenvalue weighted by Gasteiger charge is -2.19. The van der Waals surface area contributed by atoms with Gasteiger partial charge < -0.3 is 4.98 Å². The van der Waals surface area contributed by atoms with Gasteiger partial charge in [-0.15, -0.1) is 0 Å². The van der Waals surface area contributed by atoms with Crippen LogP contribution in [0.4, 0.5) is 0 Å². The molecule has 0 aliphatic heterocycles. The van der Waals surface area contributed by atoms with Gasteiger partial charge in [0.2, 0.25) is 5.95 Å². The highest BCUT2D eigenvalue weighted by atomic mass is 15.2. The van der Waals surface area contributed by atoms with Crippen molar-refractivity contribution in [1.29, 1.82) is 0 Å². The molecule has 4 nitrogen and oxygen atoms in total. The van der Waals surface area contributed by atoms with E-state index in [1.807, 2.05) is 0 Å². The second-order valence-corrected chi connectivity index (χ2v) is 12.5. The predicted molar refractivity (Wildman–Crippen MR) is 181 cm³/mol. The maximum atomic E-state index is 5.39. The van der Waals surface area contributed by atoms with Crippen molar-refractivity contribution in [2.45, 2.75) is 25.7 Å². The molecule has 11 rings (SSSR count). The summed E-state index contributed by atoms with van der Waals surface area (Å²) in [4.78, 5) is 14.6. The summed E-state index contributed by atoms with van der Waals surface area (Å²) in [5.74, 6) is 0.713. The van der Waals surface area contributed by atoms with E-state index in [4.69, 9.17) is 9.97 Å². The van der Waals surface area contributed by atoms with Gasteiger partial charge in [-0.05, 0) is 83.7 Å². The number of aromatic nitrogens is 4. The van der Waals surface area contributed by atoms with Gasteiger partial charge in [-0.2, -0.15) is 0 Å². The van der Waals surface area contributed by atoms with Gasteiger partial charge in [-0.1, -0.05) is 72.8 Å². The van der Waals surface area contributed by atoms with Crippen molar-refractivity contribution in [3.63, 3.8) is 0 Å². The molecule has 0 atom stereocenters. The summed E-state index contributed by atoms with van der Waals surface area (Å²) < 4.78 is 2.35. The van der Waals surface area contributed by atoms with Crippen LogP contribution < -0.4 is 0 Å². The van der Waals surface area contributed by atoms with E-state index in [0.717, 1.165) is 35.0 Å². The van der Waals surface area contributed by atoms with Crippen molar-refractivity contribution in [2.24, 2.45) is 0 Å². The number of hydrogen-bond acceptors (Lipinski definition) is 2. The van der Waals surface area contributed by atoms with E-state index in [9.17, 15) is 0 Å². The Labute approximate surface area is 252 Å². The number of hydrogen-bond donors (Lipinski definition) is 1. The van der Waals surface area contributed by atoms with E-state index in [-0.39, 0.29) is 0 Å². The topological polar surface area (TPSA) is 46.5 Å². The SMILES string of the molecule is c1ccc(-c2nc(-n3c4cc5c(cc4c4c6[nH]c7cc8c(cc7c6c6ccccc6c43)CC8)CC5)nc3ccccc23)cc1. The summed E-state index contributed by atoms with van der Waals surface area (Å²) in [5.41, 5.74) is 13.7. The number of rotatable bonds is 2. The van der Waals surface area contributed by atoms with E-state index in [1.165, 1.54) is 89.5 Å². The van der Waals surface area contributed by atoms with Gasteiger partial charge in [0.1, 0.15) is 0 Å². The highest BCUT2D eigenvalue weighted by molar-refractivity contribution is 6.36. The molecule has 0 bridgehead atoms. The van der Waals surface area contributed by atoms with Crippen molar-refractivity contribution in [3.05, 3.63) is 125 Å². The summed E-state index contributed by atoms with van der Waals surface area (Å²) >= 11 is 0. The molecule has 0 radical (unpaired) electrons. The Bertz CT molecular complexity index is 2710. The van der Waals surface area contributed by atoms with Crippen LogP contribution in [0.3, 0.4) is 0 Å². The van der Waals surface area contributed by atoms with Crippen LogP contribution in [-0.4, -0.2) is 19.5 Å². The highest BCUT2D eigenvalue weighted by Gasteiger charge is 2.26. The molecule has 2 aliphatic rings. The summed E-state index contributed by atoms with van der Waals surface area (Å²) in [6.45, 7) is 0. The minimum atomic E-state index is 0.713. The molecule has 0 saturated heterocycles. The third-order valence-corrected chi connectivity index (χ3v) is 10.3. The summed E-state index contributed by atoms with van der Waals surface area (Å²) in [6.07, 6.45) is 4.60. The minimum Gasteiger partial charge on any atom is -0.354 e. The second kappa shape index (κ2) is 8.12. The summed E-state index contributed by atoms with van der Waals surface area (Å²) in [6, 6.07) is 37.5. The van der Waals surface area contributed by atoms with Gasteiger partial charge in [-0.25, -0.2) is 9.97 Å². The normalized spacial score (nSPS) is 14.0. The maximum absolute atomic E-state index is 5.39. The number of aromatic amines is 1. The number of H-pyrrole nitrogens is 1. The molecule has 1 N–H and O–H groups in total. The molecular weight excluding hydrogens is 536 g/mol. The first kappa shape index (κ1) is 23.0. The Kier molecular flexibility index (Phi) is 4.25. The molecule has 0 saturated carbocycles. The first-order valence-electron chi connectivity index (χ1n) is 15.6. The third-order valence-electron chi connectivity index (χ3n) is 10.3. The fraction of sp³-hybridized carbons (Fsp3) is 0.100. The average Bonchev–Trinajstić information content (AvgIpc) is 3.58. The highest BCUT2D eigenvalue weighted by Crippen LogP contribution is 2.46. The lowest BCUT2D eigenvalue weighted by atomic mass is 9.86. The van der Waals surface area contributed by atoms with Crippen molar-refractivity contribution < 1.29 is 0 Å². The third kappa shape index (κ3) is 2.88. The number of aryl methyl sites for hydroxylation is 4. The zero-order valence-corrected chi connectivity index (χ0v) is 24.0.